The van der Waals surface area contributed by atoms with Crippen molar-refractivity contribution in [1.29, 1.82) is 0 Å². The van der Waals surface area contributed by atoms with Gasteiger partial charge in [0.25, 0.3) is 0 Å². The lowest BCUT2D eigenvalue weighted by molar-refractivity contribution is -0.119. The molecule has 1 aliphatic carbocycles. The number of hydrogen-bond donors (Lipinski definition) is 3. The van der Waals surface area contributed by atoms with Gasteiger partial charge in [-0.05, 0) is 32.4 Å². The molecular formula is C14H31N3O. The highest BCUT2D eigenvalue weighted by molar-refractivity contribution is 5.73. The van der Waals surface area contributed by atoms with Crippen LogP contribution < -0.4 is 16.0 Å². The summed E-state index contributed by atoms with van der Waals surface area (Å²) in [6, 6.07) is 1.24. The minimum atomic E-state index is 0. The normalized spacial score (nSPS) is 22.9. The van der Waals surface area contributed by atoms with Gasteiger partial charge in [-0.15, -0.1) is 0 Å². The van der Waals surface area contributed by atoms with Crippen molar-refractivity contribution >= 4 is 5.91 Å². The SMILES string of the molecule is C.CC(=O)N[C@H]1CCNC1.CCNC1CCCC1. The lowest BCUT2D eigenvalue weighted by Gasteiger charge is -2.07. The van der Waals surface area contributed by atoms with Gasteiger partial charge in [-0.25, -0.2) is 0 Å². The number of carbonyl (C=O) groups is 1. The topological polar surface area (TPSA) is 53.2 Å². The Morgan fingerprint density at radius 1 is 1.22 bits per heavy atom. The van der Waals surface area contributed by atoms with Crippen LogP contribution in [-0.2, 0) is 4.79 Å². The Morgan fingerprint density at radius 2 is 1.89 bits per heavy atom. The lowest BCUT2D eigenvalue weighted by Crippen LogP contribution is -2.34. The van der Waals surface area contributed by atoms with E-state index in [9.17, 15) is 4.79 Å². The van der Waals surface area contributed by atoms with Gasteiger partial charge in [0.1, 0.15) is 0 Å². The van der Waals surface area contributed by atoms with Gasteiger partial charge in [-0.1, -0.05) is 27.2 Å². The molecule has 1 saturated carbocycles. The van der Waals surface area contributed by atoms with Crippen LogP contribution in [0.4, 0.5) is 0 Å². The predicted molar refractivity (Wildman–Crippen MR) is 77.8 cm³/mol. The Balaban J connectivity index is 0.000000306. The molecule has 4 heteroatoms. The summed E-state index contributed by atoms with van der Waals surface area (Å²) in [5.41, 5.74) is 0. The average molecular weight is 257 g/mol. The molecule has 0 radical (unpaired) electrons. The van der Waals surface area contributed by atoms with Crippen LogP contribution in [0.5, 0.6) is 0 Å². The summed E-state index contributed by atoms with van der Waals surface area (Å²) in [7, 11) is 0. The van der Waals surface area contributed by atoms with Gasteiger partial charge in [0.05, 0.1) is 0 Å². The summed E-state index contributed by atoms with van der Waals surface area (Å²) in [5.74, 6) is 0.0729. The zero-order valence-corrected chi connectivity index (χ0v) is 11.2. The third-order valence-corrected chi connectivity index (χ3v) is 3.32. The number of nitrogens with one attached hydrogen (secondary N) is 3. The number of carbonyl (C=O) groups excluding carboxylic acids is 1. The largest absolute Gasteiger partial charge is 0.352 e. The number of rotatable bonds is 3. The van der Waals surface area contributed by atoms with Crippen LogP contribution in [-0.4, -0.2) is 37.6 Å². The second-order valence-electron chi connectivity index (χ2n) is 4.93. The fourth-order valence-electron chi connectivity index (χ4n) is 2.48. The van der Waals surface area contributed by atoms with Gasteiger partial charge < -0.3 is 16.0 Å². The van der Waals surface area contributed by atoms with Gasteiger partial charge >= 0.3 is 0 Å². The van der Waals surface area contributed by atoms with Gasteiger partial charge in [0.15, 0.2) is 0 Å². The van der Waals surface area contributed by atoms with Crippen LogP contribution in [0.25, 0.3) is 0 Å². The molecule has 1 atom stereocenters. The molecule has 0 aromatic heterocycles. The molecule has 2 aliphatic rings. The maximum absolute atomic E-state index is 10.5. The highest BCUT2D eigenvalue weighted by atomic mass is 16.1. The molecule has 0 aromatic rings. The zero-order chi connectivity index (χ0) is 12.5. The molecule has 1 saturated heterocycles. The molecule has 0 spiro atoms. The van der Waals surface area contributed by atoms with E-state index in [2.05, 4.69) is 22.9 Å². The molecule has 1 aliphatic heterocycles. The smallest absolute Gasteiger partial charge is 0.217 e. The van der Waals surface area contributed by atoms with E-state index in [1.165, 1.54) is 25.7 Å². The Hall–Kier alpha value is -0.610. The second-order valence-corrected chi connectivity index (χ2v) is 4.93. The molecule has 3 N–H and O–H groups in total. The van der Waals surface area contributed by atoms with Crippen molar-refractivity contribution in [2.45, 2.75) is 65.5 Å². The van der Waals surface area contributed by atoms with Crippen LogP contribution in [0.1, 0.15) is 53.4 Å². The molecule has 1 heterocycles. The Bertz CT molecular complexity index is 209. The summed E-state index contributed by atoms with van der Waals surface area (Å²) in [4.78, 5) is 10.5. The van der Waals surface area contributed by atoms with E-state index in [0.29, 0.717) is 6.04 Å². The number of hydrogen-bond acceptors (Lipinski definition) is 3. The first-order chi connectivity index (χ1) is 8.22. The van der Waals surface area contributed by atoms with E-state index < -0.39 is 0 Å². The standard InChI is InChI=1S/C7H15N.C6H12N2O.CH4/c1-2-8-7-5-3-4-6-7;1-5(9)8-6-2-3-7-4-6;/h7-8H,2-6H2,1H3;6-7H,2-4H2,1H3,(H,8,9);1H4/t;6-;/m.0./s1. The van der Waals surface area contributed by atoms with Crippen molar-refractivity contribution in [2.24, 2.45) is 0 Å². The number of amides is 1. The van der Waals surface area contributed by atoms with E-state index in [1.54, 1.807) is 6.92 Å². The van der Waals surface area contributed by atoms with E-state index in [-0.39, 0.29) is 13.3 Å². The van der Waals surface area contributed by atoms with Crippen LogP contribution in [0.2, 0.25) is 0 Å². The van der Waals surface area contributed by atoms with Crippen LogP contribution >= 0.6 is 0 Å². The maximum Gasteiger partial charge on any atom is 0.217 e. The highest BCUT2D eigenvalue weighted by Gasteiger charge is 2.13. The molecule has 2 fully saturated rings. The maximum atomic E-state index is 10.5. The zero-order valence-electron chi connectivity index (χ0n) is 11.2. The molecule has 2 rings (SSSR count). The average Bonchev–Trinajstić information content (AvgIpc) is 2.91. The van der Waals surface area contributed by atoms with E-state index in [4.69, 9.17) is 0 Å². The van der Waals surface area contributed by atoms with Crippen molar-refractivity contribution < 1.29 is 4.79 Å². The molecule has 1 amide bonds. The molecule has 4 nitrogen and oxygen atoms in total. The third kappa shape index (κ3) is 7.67. The van der Waals surface area contributed by atoms with Crippen molar-refractivity contribution in [1.82, 2.24) is 16.0 Å². The first-order valence-corrected chi connectivity index (χ1v) is 6.93. The monoisotopic (exact) mass is 257 g/mol. The fraction of sp³-hybridized carbons (Fsp3) is 0.929. The van der Waals surface area contributed by atoms with Crippen LogP contribution in [0.3, 0.4) is 0 Å². The molecule has 18 heavy (non-hydrogen) atoms. The van der Waals surface area contributed by atoms with E-state index in [0.717, 1.165) is 32.1 Å². The minimum Gasteiger partial charge on any atom is -0.352 e. The van der Waals surface area contributed by atoms with Crippen molar-refractivity contribution in [2.75, 3.05) is 19.6 Å². The molecule has 0 bridgehead atoms. The van der Waals surface area contributed by atoms with Crippen LogP contribution in [0, 0.1) is 0 Å². The third-order valence-electron chi connectivity index (χ3n) is 3.32. The van der Waals surface area contributed by atoms with Crippen LogP contribution in [0.15, 0.2) is 0 Å². The van der Waals surface area contributed by atoms with Crippen molar-refractivity contribution in [3.8, 4) is 0 Å². The summed E-state index contributed by atoms with van der Waals surface area (Å²) in [5, 5.41) is 9.45. The molecule has 108 valence electrons. The molecule has 0 aromatic carbocycles. The summed E-state index contributed by atoms with van der Waals surface area (Å²) >= 11 is 0. The first-order valence-electron chi connectivity index (χ1n) is 6.93. The van der Waals surface area contributed by atoms with Gasteiger partial charge in [0, 0.05) is 25.6 Å². The Kier molecular flexibility index (Phi) is 9.98. The Labute approximate surface area is 112 Å². The summed E-state index contributed by atoms with van der Waals surface area (Å²) in [6.07, 6.45) is 6.77. The first kappa shape index (κ1) is 17.4. The summed E-state index contributed by atoms with van der Waals surface area (Å²) in [6.45, 7) is 6.84. The fourth-order valence-corrected chi connectivity index (χ4v) is 2.48. The van der Waals surface area contributed by atoms with Gasteiger partial charge in [0.2, 0.25) is 5.91 Å². The molecular weight excluding hydrogens is 226 g/mol. The van der Waals surface area contributed by atoms with Crippen molar-refractivity contribution in [3.63, 3.8) is 0 Å². The van der Waals surface area contributed by atoms with E-state index >= 15 is 0 Å². The summed E-state index contributed by atoms with van der Waals surface area (Å²) < 4.78 is 0. The lowest BCUT2D eigenvalue weighted by atomic mass is 10.2. The van der Waals surface area contributed by atoms with E-state index in [1.807, 2.05) is 0 Å². The predicted octanol–water partition coefficient (Wildman–Crippen LogP) is 1.66. The minimum absolute atomic E-state index is 0. The second kappa shape index (κ2) is 10.3. The van der Waals surface area contributed by atoms with Crippen molar-refractivity contribution in [3.05, 3.63) is 0 Å². The van der Waals surface area contributed by atoms with Gasteiger partial charge in [-0.2, -0.15) is 0 Å². The quantitative estimate of drug-likeness (QED) is 0.721. The highest BCUT2D eigenvalue weighted by Crippen LogP contribution is 2.16. The molecule has 0 unspecified atom stereocenters. The van der Waals surface area contributed by atoms with Gasteiger partial charge in [-0.3, -0.25) is 4.79 Å². The Morgan fingerprint density at radius 3 is 2.33 bits per heavy atom.